The summed E-state index contributed by atoms with van der Waals surface area (Å²) in [4.78, 5) is 24.9. The Hall–Kier alpha value is -2.50. The molecule has 0 aliphatic carbocycles. The summed E-state index contributed by atoms with van der Waals surface area (Å²) in [6.45, 7) is 3.28. The molecule has 2 rings (SSSR count). The Morgan fingerprint density at radius 3 is 2.83 bits per heavy atom. The van der Waals surface area contributed by atoms with Crippen molar-refractivity contribution in [3.63, 3.8) is 0 Å². The molecule has 0 spiro atoms. The molecule has 1 N–H and O–H groups in total. The molecule has 0 bridgehead atoms. The lowest BCUT2D eigenvalue weighted by Crippen LogP contribution is -2.41. The second kappa shape index (κ2) is 8.38. The molecule has 1 amide bonds. The highest BCUT2D eigenvalue weighted by molar-refractivity contribution is 5.92. The molecule has 1 aliphatic rings. The lowest BCUT2D eigenvalue weighted by molar-refractivity contribution is -0.144. The minimum atomic E-state index is -0.840. The number of ether oxygens (including phenoxy) is 2. The van der Waals surface area contributed by atoms with Gasteiger partial charge in [-0.25, -0.2) is 0 Å². The standard InChI is InChI=1S/C18H23NO5/c1-3-24-16-11-13(6-8-15(16)23-2)7-9-17(20)19-10-4-5-14(12-19)18(21)22/h6-9,11,14H,3-5,10,12H2,1-2H3,(H,21,22)/b9-7+. The maximum absolute atomic E-state index is 12.3. The highest BCUT2D eigenvalue weighted by Gasteiger charge is 2.27. The van der Waals surface area contributed by atoms with Gasteiger partial charge in [0.05, 0.1) is 19.6 Å². The van der Waals surface area contributed by atoms with Crippen LogP contribution in [0.3, 0.4) is 0 Å². The molecule has 6 nitrogen and oxygen atoms in total. The van der Waals surface area contributed by atoms with Crippen molar-refractivity contribution in [2.24, 2.45) is 5.92 Å². The topological polar surface area (TPSA) is 76.1 Å². The van der Waals surface area contributed by atoms with Gasteiger partial charge in [0.15, 0.2) is 11.5 Å². The number of piperidine rings is 1. The molecular formula is C18H23NO5. The van der Waals surface area contributed by atoms with Crippen LogP contribution in [0.5, 0.6) is 11.5 Å². The predicted molar refractivity (Wildman–Crippen MR) is 90.1 cm³/mol. The number of hydrogen-bond acceptors (Lipinski definition) is 4. The zero-order valence-electron chi connectivity index (χ0n) is 14.0. The molecule has 24 heavy (non-hydrogen) atoms. The Labute approximate surface area is 141 Å². The smallest absolute Gasteiger partial charge is 0.308 e. The number of amides is 1. The predicted octanol–water partition coefficient (Wildman–Crippen LogP) is 2.43. The third-order valence-corrected chi connectivity index (χ3v) is 3.99. The fourth-order valence-corrected chi connectivity index (χ4v) is 2.72. The van der Waals surface area contributed by atoms with Gasteiger partial charge in [0.1, 0.15) is 0 Å². The van der Waals surface area contributed by atoms with Gasteiger partial charge in [-0.15, -0.1) is 0 Å². The lowest BCUT2D eigenvalue weighted by atomic mass is 9.98. The van der Waals surface area contributed by atoms with Crippen LogP contribution in [0.4, 0.5) is 0 Å². The normalized spacial score (nSPS) is 17.8. The first-order valence-electron chi connectivity index (χ1n) is 8.05. The van der Waals surface area contributed by atoms with E-state index in [1.165, 1.54) is 6.08 Å². The third-order valence-electron chi connectivity index (χ3n) is 3.99. The molecule has 1 saturated heterocycles. The van der Waals surface area contributed by atoms with E-state index in [0.29, 0.717) is 37.5 Å². The van der Waals surface area contributed by atoms with Gasteiger partial charge >= 0.3 is 5.97 Å². The summed E-state index contributed by atoms with van der Waals surface area (Å²) >= 11 is 0. The summed E-state index contributed by atoms with van der Waals surface area (Å²) in [5.74, 6) is -0.219. The van der Waals surface area contributed by atoms with Gasteiger partial charge < -0.3 is 19.5 Å². The van der Waals surface area contributed by atoms with E-state index in [0.717, 1.165) is 5.56 Å². The highest BCUT2D eigenvalue weighted by Crippen LogP contribution is 2.28. The molecule has 1 unspecified atom stereocenters. The Morgan fingerprint density at radius 2 is 2.17 bits per heavy atom. The lowest BCUT2D eigenvalue weighted by Gasteiger charge is -2.29. The van der Waals surface area contributed by atoms with Gasteiger partial charge in [0.25, 0.3) is 0 Å². The Kier molecular flexibility index (Phi) is 6.23. The molecule has 1 aromatic carbocycles. The number of methoxy groups -OCH3 is 1. The largest absolute Gasteiger partial charge is 0.493 e. The van der Waals surface area contributed by atoms with Gasteiger partial charge in [-0.1, -0.05) is 6.07 Å². The first kappa shape index (κ1) is 17.8. The van der Waals surface area contributed by atoms with E-state index in [1.54, 1.807) is 24.2 Å². The SMILES string of the molecule is CCOc1cc(/C=C/C(=O)N2CCCC(C(=O)O)C2)ccc1OC. The number of aliphatic carboxylic acids is 1. The Bertz CT molecular complexity index is 626. The number of carbonyl (C=O) groups is 2. The molecule has 0 aromatic heterocycles. The van der Waals surface area contributed by atoms with Crippen molar-refractivity contribution in [1.82, 2.24) is 4.90 Å². The van der Waals surface area contributed by atoms with E-state index in [-0.39, 0.29) is 12.5 Å². The number of carboxylic acids is 1. The molecule has 1 atom stereocenters. The average molecular weight is 333 g/mol. The molecule has 1 fully saturated rings. The van der Waals surface area contributed by atoms with Gasteiger partial charge in [-0.3, -0.25) is 9.59 Å². The van der Waals surface area contributed by atoms with Gasteiger partial charge in [0, 0.05) is 19.2 Å². The van der Waals surface area contributed by atoms with Crippen LogP contribution >= 0.6 is 0 Å². The van der Waals surface area contributed by atoms with Crippen LogP contribution < -0.4 is 9.47 Å². The van der Waals surface area contributed by atoms with E-state index in [9.17, 15) is 9.59 Å². The second-order valence-electron chi connectivity index (χ2n) is 5.64. The highest BCUT2D eigenvalue weighted by atomic mass is 16.5. The number of hydrogen-bond donors (Lipinski definition) is 1. The molecule has 6 heteroatoms. The molecule has 1 aliphatic heterocycles. The fourth-order valence-electron chi connectivity index (χ4n) is 2.72. The summed E-state index contributed by atoms with van der Waals surface area (Å²) in [6, 6.07) is 5.43. The Balaban J connectivity index is 2.05. The van der Waals surface area contributed by atoms with Crippen LogP contribution in [0.1, 0.15) is 25.3 Å². The van der Waals surface area contributed by atoms with Crippen molar-refractivity contribution in [2.45, 2.75) is 19.8 Å². The summed E-state index contributed by atoms with van der Waals surface area (Å²) in [6.07, 6.45) is 4.52. The second-order valence-corrected chi connectivity index (χ2v) is 5.64. The number of likely N-dealkylation sites (tertiary alicyclic amines) is 1. The average Bonchev–Trinajstić information content (AvgIpc) is 2.60. The first-order valence-corrected chi connectivity index (χ1v) is 8.05. The van der Waals surface area contributed by atoms with Crippen LogP contribution in [0.15, 0.2) is 24.3 Å². The van der Waals surface area contributed by atoms with Crippen LogP contribution in [0, 0.1) is 5.92 Å². The van der Waals surface area contributed by atoms with Crippen molar-refractivity contribution in [3.8, 4) is 11.5 Å². The number of carbonyl (C=O) groups excluding carboxylic acids is 1. The summed E-state index contributed by atoms with van der Waals surface area (Å²) < 4.78 is 10.7. The third kappa shape index (κ3) is 4.50. The van der Waals surface area contributed by atoms with Crippen molar-refractivity contribution in [3.05, 3.63) is 29.8 Å². The molecule has 1 aromatic rings. The monoisotopic (exact) mass is 333 g/mol. The first-order chi connectivity index (χ1) is 11.5. The van der Waals surface area contributed by atoms with Crippen LogP contribution in [0.2, 0.25) is 0 Å². The maximum atomic E-state index is 12.3. The summed E-state index contributed by atoms with van der Waals surface area (Å²) in [7, 11) is 1.58. The zero-order chi connectivity index (χ0) is 17.5. The quantitative estimate of drug-likeness (QED) is 0.809. The molecule has 0 saturated carbocycles. The minimum absolute atomic E-state index is 0.172. The van der Waals surface area contributed by atoms with E-state index in [4.69, 9.17) is 14.6 Å². The van der Waals surface area contributed by atoms with Gasteiger partial charge in [-0.05, 0) is 43.5 Å². The Morgan fingerprint density at radius 1 is 1.38 bits per heavy atom. The fraction of sp³-hybridized carbons (Fsp3) is 0.444. The minimum Gasteiger partial charge on any atom is -0.493 e. The number of benzene rings is 1. The van der Waals surface area contributed by atoms with Crippen molar-refractivity contribution >= 4 is 18.0 Å². The number of nitrogens with zero attached hydrogens (tertiary/aromatic N) is 1. The van der Waals surface area contributed by atoms with Crippen LogP contribution in [-0.2, 0) is 9.59 Å². The summed E-state index contributed by atoms with van der Waals surface area (Å²) in [5.41, 5.74) is 0.819. The van der Waals surface area contributed by atoms with E-state index >= 15 is 0 Å². The number of carboxylic acid groups (broad SMARTS) is 1. The van der Waals surface area contributed by atoms with E-state index in [1.807, 2.05) is 19.1 Å². The molecule has 0 radical (unpaired) electrons. The molecule has 130 valence electrons. The van der Waals surface area contributed by atoms with Crippen molar-refractivity contribution in [2.75, 3.05) is 26.8 Å². The van der Waals surface area contributed by atoms with Crippen molar-refractivity contribution in [1.29, 1.82) is 0 Å². The van der Waals surface area contributed by atoms with Gasteiger partial charge in [-0.2, -0.15) is 0 Å². The van der Waals surface area contributed by atoms with E-state index in [2.05, 4.69) is 0 Å². The maximum Gasteiger partial charge on any atom is 0.308 e. The van der Waals surface area contributed by atoms with Crippen LogP contribution in [-0.4, -0.2) is 48.7 Å². The zero-order valence-corrected chi connectivity index (χ0v) is 14.0. The van der Waals surface area contributed by atoms with Crippen molar-refractivity contribution < 1.29 is 24.2 Å². The van der Waals surface area contributed by atoms with Gasteiger partial charge in [0.2, 0.25) is 5.91 Å². The molecule has 1 heterocycles. The molecular weight excluding hydrogens is 310 g/mol. The summed E-state index contributed by atoms with van der Waals surface area (Å²) in [5, 5.41) is 9.09. The number of rotatable bonds is 6. The van der Waals surface area contributed by atoms with Crippen LogP contribution in [0.25, 0.3) is 6.08 Å². The van der Waals surface area contributed by atoms with E-state index < -0.39 is 11.9 Å².